The first-order chi connectivity index (χ1) is 12.2. The molecule has 0 aromatic heterocycles. The Kier molecular flexibility index (Phi) is 5.68. The van der Waals surface area contributed by atoms with Crippen molar-refractivity contribution in [3.05, 3.63) is 59.7 Å². The normalized spacial score (nSPS) is 19.6. The summed E-state index contributed by atoms with van der Waals surface area (Å²) in [6.07, 6.45) is 1.14. The van der Waals surface area contributed by atoms with Crippen LogP contribution in [0.25, 0.3) is 0 Å². The summed E-state index contributed by atoms with van der Waals surface area (Å²) in [5, 5.41) is 2.94. The van der Waals surface area contributed by atoms with Crippen LogP contribution in [-0.4, -0.2) is 24.7 Å². The molecule has 1 saturated heterocycles. The molecule has 3 N–H and O–H groups in total. The summed E-state index contributed by atoms with van der Waals surface area (Å²) < 4.78 is 11.6. The number of hydrogen-bond donors (Lipinski definition) is 2. The van der Waals surface area contributed by atoms with E-state index in [0.717, 1.165) is 35.5 Å². The van der Waals surface area contributed by atoms with Gasteiger partial charge in [-0.15, -0.1) is 0 Å². The van der Waals surface area contributed by atoms with Crippen molar-refractivity contribution in [2.45, 2.75) is 38.5 Å². The lowest BCUT2D eigenvalue weighted by Gasteiger charge is -2.15. The van der Waals surface area contributed by atoms with E-state index in [2.05, 4.69) is 5.32 Å². The number of aryl methyl sites for hydroxylation is 1. The Bertz CT molecular complexity index is 732. The zero-order chi connectivity index (χ0) is 17.6. The van der Waals surface area contributed by atoms with Gasteiger partial charge in [-0.1, -0.05) is 30.3 Å². The minimum atomic E-state index is -0.404. The summed E-state index contributed by atoms with van der Waals surface area (Å²) in [5.41, 5.74) is 7.65. The first-order valence-corrected chi connectivity index (χ1v) is 8.61. The third kappa shape index (κ3) is 4.59. The molecule has 25 heavy (non-hydrogen) atoms. The fourth-order valence-corrected chi connectivity index (χ4v) is 2.92. The molecule has 5 heteroatoms. The quantitative estimate of drug-likeness (QED) is 0.848. The summed E-state index contributed by atoms with van der Waals surface area (Å²) in [4.78, 5) is 12.3. The van der Waals surface area contributed by atoms with Crippen molar-refractivity contribution in [2.75, 3.05) is 6.54 Å². The molecule has 2 atom stereocenters. The highest BCUT2D eigenvalue weighted by Gasteiger charge is 2.29. The molecule has 0 aliphatic carbocycles. The van der Waals surface area contributed by atoms with Gasteiger partial charge < -0.3 is 20.5 Å². The highest BCUT2D eigenvalue weighted by molar-refractivity contribution is 5.81. The average molecular weight is 340 g/mol. The number of ether oxygens (including phenoxy) is 2. The zero-order valence-corrected chi connectivity index (χ0v) is 14.4. The van der Waals surface area contributed by atoms with Gasteiger partial charge in [0.25, 0.3) is 0 Å². The number of benzene rings is 2. The molecular formula is C20H24N2O3. The van der Waals surface area contributed by atoms with Gasteiger partial charge in [-0.3, -0.25) is 4.79 Å². The molecule has 0 saturated carbocycles. The van der Waals surface area contributed by atoms with Crippen LogP contribution in [0.4, 0.5) is 0 Å². The molecule has 132 valence electrons. The van der Waals surface area contributed by atoms with E-state index in [-0.39, 0.29) is 12.0 Å². The largest absolute Gasteiger partial charge is 0.457 e. The molecule has 1 aliphatic heterocycles. The topological polar surface area (TPSA) is 73.6 Å². The number of carbonyl (C=O) groups excluding carboxylic acids is 1. The number of amides is 1. The molecule has 1 aliphatic rings. The molecule has 3 rings (SSSR count). The van der Waals surface area contributed by atoms with Crippen LogP contribution in [0, 0.1) is 6.92 Å². The maximum Gasteiger partial charge on any atom is 0.249 e. The van der Waals surface area contributed by atoms with Crippen LogP contribution < -0.4 is 15.8 Å². The van der Waals surface area contributed by atoms with Crippen LogP contribution >= 0.6 is 0 Å². The summed E-state index contributed by atoms with van der Waals surface area (Å²) in [6.45, 7) is 2.88. The Morgan fingerprint density at radius 1 is 1.24 bits per heavy atom. The second-order valence-electron chi connectivity index (χ2n) is 6.30. The van der Waals surface area contributed by atoms with Crippen LogP contribution in [0.1, 0.15) is 24.0 Å². The maximum absolute atomic E-state index is 12.3. The SMILES string of the molecule is Cc1cccc(Oc2ccccc2CNC(=O)[C@@H]2CC[C@H](CN)O2)c1. The predicted octanol–water partition coefficient (Wildman–Crippen LogP) is 2.91. The van der Waals surface area contributed by atoms with Gasteiger partial charge in [0.05, 0.1) is 6.10 Å². The number of para-hydroxylation sites is 1. The molecule has 1 amide bonds. The maximum atomic E-state index is 12.3. The van der Waals surface area contributed by atoms with Gasteiger partial charge in [-0.25, -0.2) is 0 Å². The van der Waals surface area contributed by atoms with Crippen LogP contribution in [0.15, 0.2) is 48.5 Å². The van der Waals surface area contributed by atoms with E-state index in [1.54, 1.807) is 0 Å². The third-order valence-corrected chi connectivity index (χ3v) is 4.31. The second kappa shape index (κ2) is 8.14. The molecular weight excluding hydrogens is 316 g/mol. The van der Waals surface area contributed by atoms with E-state index < -0.39 is 6.10 Å². The smallest absolute Gasteiger partial charge is 0.249 e. The van der Waals surface area contributed by atoms with Crippen LogP contribution in [0.5, 0.6) is 11.5 Å². The Hall–Kier alpha value is -2.37. The average Bonchev–Trinajstić information content (AvgIpc) is 3.10. The Morgan fingerprint density at radius 3 is 2.84 bits per heavy atom. The van der Waals surface area contributed by atoms with Crippen LogP contribution in [0.2, 0.25) is 0 Å². The van der Waals surface area contributed by atoms with E-state index in [1.165, 1.54) is 0 Å². The lowest BCUT2D eigenvalue weighted by atomic mass is 10.1. The molecule has 0 bridgehead atoms. The van der Waals surface area contributed by atoms with Gasteiger partial charge >= 0.3 is 0 Å². The van der Waals surface area contributed by atoms with Gasteiger partial charge in [-0.05, 0) is 43.5 Å². The Labute approximate surface area is 148 Å². The van der Waals surface area contributed by atoms with Crippen molar-refractivity contribution < 1.29 is 14.3 Å². The molecule has 1 heterocycles. The zero-order valence-electron chi connectivity index (χ0n) is 14.4. The van der Waals surface area contributed by atoms with Crippen LogP contribution in [-0.2, 0) is 16.1 Å². The standard InChI is InChI=1S/C20H24N2O3/c1-14-5-4-7-16(11-14)24-18-8-3-2-6-15(18)13-22-20(23)19-10-9-17(12-21)25-19/h2-8,11,17,19H,9-10,12-13,21H2,1H3,(H,22,23)/t17-,19+/m1/s1. The molecule has 5 nitrogen and oxygen atoms in total. The Balaban J connectivity index is 1.62. The van der Waals surface area contributed by atoms with Gasteiger partial charge in [-0.2, -0.15) is 0 Å². The summed E-state index contributed by atoms with van der Waals surface area (Å²) in [5.74, 6) is 1.42. The van der Waals surface area contributed by atoms with Gasteiger partial charge in [0.15, 0.2) is 0 Å². The Morgan fingerprint density at radius 2 is 2.08 bits per heavy atom. The van der Waals surface area contributed by atoms with E-state index >= 15 is 0 Å². The predicted molar refractivity (Wildman–Crippen MR) is 96.5 cm³/mol. The van der Waals surface area contributed by atoms with E-state index in [9.17, 15) is 4.79 Å². The minimum Gasteiger partial charge on any atom is -0.457 e. The lowest BCUT2D eigenvalue weighted by molar-refractivity contribution is -0.132. The van der Waals surface area contributed by atoms with Crippen molar-refractivity contribution in [3.8, 4) is 11.5 Å². The highest BCUT2D eigenvalue weighted by Crippen LogP contribution is 2.26. The van der Waals surface area contributed by atoms with Gasteiger partial charge in [0.1, 0.15) is 17.6 Å². The van der Waals surface area contributed by atoms with E-state index in [1.807, 2.05) is 55.5 Å². The monoisotopic (exact) mass is 340 g/mol. The van der Waals surface area contributed by atoms with Crippen molar-refractivity contribution in [1.82, 2.24) is 5.32 Å². The van der Waals surface area contributed by atoms with Crippen LogP contribution in [0.3, 0.4) is 0 Å². The molecule has 0 radical (unpaired) electrons. The van der Waals surface area contributed by atoms with E-state index in [0.29, 0.717) is 13.1 Å². The first kappa shape index (κ1) is 17.5. The molecule has 0 spiro atoms. The molecule has 2 aromatic rings. The summed E-state index contributed by atoms with van der Waals surface area (Å²) in [6, 6.07) is 15.6. The van der Waals surface area contributed by atoms with Crippen molar-refractivity contribution >= 4 is 5.91 Å². The minimum absolute atomic E-state index is 0.00677. The number of carbonyl (C=O) groups is 1. The van der Waals surface area contributed by atoms with Crippen molar-refractivity contribution in [3.63, 3.8) is 0 Å². The summed E-state index contributed by atoms with van der Waals surface area (Å²) in [7, 11) is 0. The highest BCUT2D eigenvalue weighted by atomic mass is 16.5. The molecule has 2 aromatic carbocycles. The number of rotatable bonds is 6. The number of hydrogen-bond acceptors (Lipinski definition) is 4. The number of nitrogens with one attached hydrogen (secondary N) is 1. The fraction of sp³-hybridized carbons (Fsp3) is 0.350. The lowest BCUT2D eigenvalue weighted by Crippen LogP contribution is -2.35. The summed E-state index contributed by atoms with van der Waals surface area (Å²) >= 11 is 0. The van der Waals surface area contributed by atoms with Crippen molar-refractivity contribution in [2.24, 2.45) is 5.73 Å². The van der Waals surface area contributed by atoms with Gasteiger partial charge in [0, 0.05) is 18.7 Å². The second-order valence-corrected chi connectivity index (χ2v) is 6.30. The number of nitrogens with two attached hydrogens (primary N) is 1. The molecule has 0 unspecified atom stereocenters. The first-order valence-electron chi connectivity index (χ1n) is 8.61. The van der Waals surface area contributed by atoms with Crippen molar-refractivity contribution in [1.29, 1.82) is 0 Å². The molecule has 1 fully saturated rings. The van der Waals surface area contributed by atoms with E-state index in [4.69, 9.17) is 15.2 Å². The van der Waals surface area contributed by atoms with Gasteiger partial charge in [0.2, 0.25) is 5.91 Å². The third-order valence-electron chi connectivity index (χ3n) is 4.31. The fourth-order valence-electron chi connectivity index (χ4n) is 2.92.